The number of nitrogens with zero attached hydrogens (tertiary/aromatic N) is 3. The third-order valence-corrected chi connectivity index (χ3v) is 6.33. The largest absolute Gasteiger partial charge is 0.492 e. The van der Waals surface area contributed by atoms with Crippen LogP contribution >= 0.6 is 11.6 Å². The van der Waals surface area contributed by atoms with E-state index in [0.29, 0.717) is 28.6 Å². The van der Waals surface area contributed by atoms with Gasteiger partial charge in [-0.3, -0.25) is 4.79 Å². The number of carbonyl (C=O) groups excluding carboxylic acids is 1. The van der Waals surface area contributed by atoms with Gasteiger partial charge in [0.1, 0.15) is 23.1 Å². The van der Waals surface area contributed by atoms with Crippen molar-refractivity contribution in [1.82, 2.24) is 15.1 Å². The zero-order valence-corrected chi connectivity index (χ0v) is 20.6. The van der Waals surface area contributed by atoms with Gasteiger partial charge in [-0.15, -0.1) is 0 Å². The summed E-state index contributed by atoms with van der Waals surface area (Å²) in [6.07, 6.45) is 9.61. The van der Waals surface area contributed by atoms with Crippen LogP contribution in [0, 0.1) is 11.3 Å². The van der Waals surface area contributed by atoms with E-state index in [1.807, 2.05) is 55.6 Å². The van der Waals surface area contributed by atoms with Gasteiger partial charge in [0.05, 0.1) is 17.3 Å². The summed E-state index contributed by atoms with van der Waals surface area (Å²) in [5.41, 5.74) is 2.97. The maximum absolute atomic E-state index is 12.9. The van der Waals surface area contributed by atoms with Gasteiger partial charge in [0.15, 0.2) is 0 Å². The van der Waals surface area contributed by atoms with Crippen LogP contribution in [0.15, 0.2) is 60.3 Å². The minimum atomic E-state index is -0.348. The van der Waals surface area contributed by atoms with Gasteiger partial charge in [-0.1, -0.05) is 56.0 Å². The molecule has 2 aromatic carbocycles. The fourth-order valence-corrected chi connectivity index (χ4v) is 4.46. The summed E-state index contributed by atoms with van der Waals surface area (Å²) in [4.78, 5) is 12.9. The molecule has 0 saturated heterocycles. The molecule has 1 aliphatic carbocycles. The summed E-state index contributed by atoms with van der Waals surface area (Å²) in [7, 11) is 0. The Labute approximate surface area is 211 Å². The van der Waals surface area contributed by atoms with E-state index < -0.39 is 0 Å². The lowest BCUT2D eigenvalue weighted by Gasteiger charge is -2.22. The molecule has 180 valence electrons. The molecule has 1 aromatic heterocycles. The summed E-state index contributed by atoms with van der Waals surface area (Å²) in [6.45, 7) is 2.62. The van der Waals surface area contributed by atoms with Gasteiger partial charge in [0.2, 0.25) is 0 Å². The van der Waals surface area contributed by atoms with Crippen molar-refractivity contribution in [3.63, 3.8) is 0 Å². The summed E-state index contributed by atoms with van der Waals surface area (Å²) >= 11 is 6.49. The van der Waals surface area contributed by atoms with E-state index in [2.05, 4.69) is 11.4 Å². The second-order valence-electron chi connectivity index (χ2n) is 8.69. The normalized spacial score (nSPS) is 14.4. The fourth-order valence-electron chi connectivity index (χ4n) is 4.22. The molecule has 0 bridgehead atoms. The highest BCUT2D eigenvalue weighted by Crippen LogP contribution is 2.33. The first kappa shape index (κ1) is 24.6. The van der Waals surface area contributed by atoms with E-state index in [1.165, 1.54) is 6.42 Å². The molecule has 3 aromatic rings. The predicted molar refractivity (Wildman–Crippen MR) is 138 cm³/mol. The maximum Gasteiger partial charge on any atom is 0.262 e. The monoisotopic (exact) mass is 488 g/mol. The Bertz CT molecular complexity index is 1240. The molecule has 4 rings (SSSR count). The van der Waals surface area contributed by atoms with Crippen molar-refractivity contribution in [1.29, 1.82) is 5.26 Å². The van der Waals surface area contributed by atoms with Gasteiger partial charge in [0.25, 0.3) is 5.91 Å². The number of aromatic nitrogens is 2. The fraction of sp³-hybridized carbons (Fsp3) is 0.321. The van der Waals surface area contributed by atoms with Crippen molar-refractivity contribution in [2.24, 2.45) is 0 Å². The number of rotatable bonds is 8. The first-order chi connectivity index (χ1) is 17.1. The zero-order chi connectivity index (χ0) is 24.6. The Morgan fingerprint density at radius 3 is 2.69 bits per heavy atom. The van der Waals surface area contributed by atoms with Gasteiger partial charge in [0, 0.05) is 23.4 Å². The molecule has 1 heterocycles. The minimum Gasteiger partial charge on any atom is -0.492 e. The third kappa shape index (κ3) is 6.12. The molecule has 35 heavy (non-hydrogen) atoms. The van der Waals surface area contributed by atoms with E-state index >= 15 is 0 Å². The van der Waals surface area contributed by atoms with Gasteiger partial charge in [-0.05, 0) is 55.7 Å². The lowest BCUT2D eigenvalue weighted by molar-refractivity contribution is -0.117. The molecule has 7 heteroatoms. The van der Waals surface area contributed by atoms with E-state index in [-0.39, 0.29) is 17.5 Å². The SMILES string of the molecule is CCCOc1ccc(-c2nn(-c3ccccc3)cc2/C=C(/C#N)C(=O)NC2CCCCC2)cc1Cl. The number of hydrogen-bond donors (Lipinski definition) is 1. The number of hydrogen-bond acceptors (Lipinski definition) is 4. The molecule has 1 fully saturated rings. The Kier molecular flexibility index (Phi) is 8.23. The smallest absolute Gasteiger partial charge is 0.262 e. The molecule has 0 spiro atoms. The first-order valence-electron chi connectivity index (χ1n) is 12.1. The van der Waals surface area contributed by atoms with Crippen LogP contribution in [-0.2, 0) is 4.79 Å². The van der Waals surface area contributed by atoms with Crippen molar-refractivity contribution in [2.45, 2.75) is 51.5 Å². The molecular formula is C28H29ClN4O2. The van der Waals surface area contributed by atoms with Crippen LogP contribution in [0.3, 0.4) is 0 Å². The number of ether oxygens (including phenoxy) is 1. The van der Waals surface area contributed by atoms with Crippen molar-refractivity contribution in [3.8, 4) is 28.8 Å². The average molecular weight is 489 g/mol. The van der Waals surface area contributed by atoms with Crippen molar-refractivity contribution >= 4 is 23.6 Å². The van der Waals surface area contributed by atoms with Crippen molar-refractivity contribution in [3.05, 3.63) is 70.9 Å². The Balaban J connectivity index is 1.71. The lowest BCUT2D eigenvalue weighted by Crippen LogP contribution is -2.36. The van der Waals surface area contributed by atoms with Crippen LogP contribution < -0.4 is 10.1 Å². The lowest BCUT2D eigenvalue weighted by atomic mass is 9.95. The number of halogens is 1. The summed E-state index contributed by atoms with van der Waals surface area (Å²) in [6, 6.07) is 17.4. The highest BCUT2D eigenvalue weighted by Gasteiger charge is 2.20. The number of nitriles is 1. The maximum atomic E-state index is 12.9. The van der Waals surface area contributed by atoms with Crippen LogP contribution in [-0.4, -0.2) is 28.3 Å². The molecule has 1 aliphatic rings. The number of benzene rings is 2. The van der Waals surface area contributed by atoms with Crippen LogP contribution in [0.1, 0.15) is 51.0 Å². The molecular weight excluding hydrogens is 460 g/mol. The third-order valence-electron chi connectivity index (χ3n) is 6.04. The Morgan fingerprint density at radius 2 is 2.00 bits per heavy atom. The van der Waals surface area contributed by atoms with Gasteiger partial charge in [-0.25, -0.2) is 4.68 Å². The zero-order valence-electron chi connectivity index (χ0n) is 19.8. The summed E-state index contributed by atoms with van der Waals surface area (Å²) in [5.74, 6) is 0.264. The highest BCUT2D eigenvalue weighted by atomic mass is 35.5. The van der Waals surface area contributed by atoms with Crippen molar-refractivity contribution in [2.75, 3.05) is 6.61 Å². The van der Waals surface area contributed by atoms with Crippen LogP contribution in [0.4, 0.5) is 0 Å². The molecule has 0 aliphatic heterocycles. The quantitative estimate of drug-likeness (QED) is 0.296. The van der Waals surface area contributed by atoms with E-state index in [4.69, 9.17) is 21.4 Å². The number of amides is 1. The van der Waals surface area contributed by atoms with E-state index in [0.717, 1.165) is 43.4 Å². The summed E-state index contributed by atoms with van der Waals surface area (Å²) < 4.78 is 7.44. The minimum absolute atomic E-state index is 0.0541. The number of carbonyl (C=O) groups is 1. The van der Waals surface area contributed by atoms with E-state index in [1.54, 1.807) is 16.8 Å². The van der Waals surface area contributed by atoms with Gasteiger partial charge >= 0.3 is 0 Å². The second kappa shape index (κ2) is 11.7. The molecule has 1 saturated carbocycles. The van der Waals surface area contributed by atoms with E-state index in [9.17, 15) is 10.1 Å². The molecule has 0 unspecified atom stereocenters. The Hall–Kier alpha value is -3.56. The molecule has 1 N–H and O–H groups in total. The van der Waals surface area contributed by atoms with Crippen LogP contribution in [0.25, 0.3) is 23.0 Å². The molecule has 1 amide bonds. The highest BCUT2D eigenvalue weighted by molar-refractivity contribution is 6.32. The number of nitrogens with one attached hydrogen (secondary N) is 1. The van der Waals surface area contributed by atoms with Gasteiger partial charge < -0.3 is 10.1 Å². The van der Waals surface area contributed by atoms with Crippen LogP contribution in [0.5, 0.6) is 5.75 Å². The van der Waals surface area contributed by atoms with Crippen LogP contribution in [0.2, 0.25) is 5.02 Å². The molecule has 0 atom stereocenters. The standard InChI is InChI=1S/C28H29ClN4O2/c1-2-15-35-26-14-13-20(17-25(26)29)27-22(19-33(32-27)24-11-7-4-8-12-24)16-21(18-30)28(34)31-23-9-5-3-6-10-23/h4,7-8,11-14,16-17,19,23H,2-3,5-6,9-10,15H2,1H3,(H,31,34)/b21-16-. The van der Waals surface area contributed by atoms with Crippen molar-refractivity contribution < 1.29 is 9.53 Å². The first-order valence-corrected chi connectivity index (χ1v) is 12.5. The topological polar surface area (TPSA) is 79.9 Å². The molecule has 6 nitrogen and oxygen atoms in total. The average Bonchev–Trinajstić information content (AvgIpc) is 3.31. The Morgan fingerprint density at radius 1 is 1.23 bits per heavy atom. The predicted octanol–water partition coefficient (Wildman–Crippen LogP) is 6.34. The number of para-hydroxylation sites is 1. The second-order valence-corrected chi connectivity index (χ2v) is 9.09. The van der Waals surface area contributed by atoms with Gasteiger partial charge in [-0.2, -0.15) is 10.4 Å². The summed E-state index contributed by atoms with van der Waals surface area (Å²) in [5, 5.41) is 18.1. The molecule has 0 radical (unpaired) electrons.